The first-order chi connectivity index (χ1) is 8.96. The predicted molar refractivity (Wildman–Crippen MR) is 67.3 cm³/mol. The number of rotatable bonds is 7. The largest absolute Gasteiger partial charge is 0.480 e. The molecule has 2 amide bonds. The van der Waals surface area contributed by atoms with Crippen LogP contribution >= 0.6 is 0 Å². The molecule has 0 bridgehead atoms. The Hall–Kier alpha value is -2.23. The second kappa shape index (κ2) is 8.80. The highest BCUT2D eigenvalue weighted by molar-refractivity contribution is 5.83. The number of carbonyl (C=O) groups is 3. The molecule has 0 aliphatic carbocycles. The summed E-state index contributed by atoms with van der Waals surface area (Å²) in [6, 6.07) is -1.73. The van der Waals surface area contributed by atoms with E-state index in [1.54, 1.807) is 6.92 Å². The second-order valence-electron chi connectivity index (χ2n) is 3.67. The molecule has 0 rings (SSSR count). The zero-order valence-electron chi connectivity index (χ0n) is 11.0. The minimum Gasteiger partial charge on any atom is -0.480 e. The lowest BCUT2D eigenvalue weighted by atomic mass is 10.1. The quantitative estimate of drug-likeness (QED) is 0.503. The summed E-state index contributed by atoms with van der Waals surface area (Å²) in [6.07, 6.45) is 4.97. The SMILES string of the molecule is C#CCN(CC)C(=O)N[C@@H](CCC(=O)OC)C(=O)O. The number of hydrogen-bond donors (Lipinski definition) is 2. The van der Waals surface area contributed by atoms with Gasteiger partial charge in [-0.1, -0.05) is 5.92 Å². The average Bonchev–Trinajstić information content (AvgIpc) is 2.39. The third-order valence-electron chi connectivity index (χ3n) is 2.41. The van der Waals surface area contributed by atoms with Gasteiger partial charge in [-0.25, -0.2) is 9.59 Å². The topological polar surface area (TPSA) is 95.9 Å². The van der Waals surface area contributed by atoms with Gasteiger partial charge in [0.15, 0.2) is 0 Å². The summed E-state index contributed by atoms with van der Waals surface area (Å²) in [4.78, 5) is 35.0. The van der Waals surface area contributed by atoms with Gasteiger partial charge in [0, 0.05) is 13.0 Å². The highest BCUT2D eigenvalue weighted by Crippen LogP contribution is 2.01. The van der Waals surface area contributed by atoms with Crippen LogP contribution in [0, 0.1) is 12.3 Å². The third-order valence-corrected chi connectivity index (χ3v) is 2.41. The van der Waals surface area contributed by atoms with Crippen LogP contribution in [0.4, 0.5) is 4.79 Å². The van der Waals surface area contributed by atoms with Crippen LogP contribution in [0.2, 0.25) is 0 Å². The average molecular weight is 270 g/mol. The monoisotopic (exact) mass is 270 g/mol. The minimum atomic E-state index is -1.21. The van der Waals surface area contributed by atoms with E-state index in [4.69, 9.17) is 11.5 Å². The molecule has 7 heteroatoms. The molecule has 1 atom stereocenters. The van der Waals surface area contributed by atoms with Gasteiger partial charge in [-0.15, -0.1) is 6.42 Å². The third kappa shape index (κ3) is 6.31. The number of nitrogens with zero attached hydrogens (tertiary/aromatic N) is 1. The van der Waals surface area contributed by atoms with Crippen molar-refractivity contribution in [2.75, 3.05) is 20.2 Å². The summed E-state index contributed by atoms with van der Waals surface area (Å²) in [5, 5.41) is 11.3. The lowest BCUT2D eigenvalue weighted by Gasteiger charge is -2.21. The zero-order chi connectivity index (χ0) is 14.8. The van der Waals surface area contributed by atoms with E-state index in [0.717, 1.165) is 0 Å². The minimum absolute atomic E-state index is 0.0403. The van der Waals surface area contributed by atoms with Gasteiger partial charge in [-0.2, -0.15) is 0 Å². The summed E-state index contributed by atoms with van der Waals surface area (Å²) in [7, 11) is 1.21. The molecule has 0 unspecified atom stereocenters. The fourth-order valence-corrected chi connectivity index (χ4v) is 1.30. The number of urea groups is 1. The number of aliphatic carboxylic acids is 1. The van der Waals surface area contributed by atoms with Crippen molar-refractivity contribution in [3.63, 3.8) is 0 Å². The Balaban J connectivity index is 4.49. The molecule has 0 spiro atoms. The van der Waals surface area contributed by atoms with Crippen molar-refractivity contribution in [2.45, 2.75) is 25.8 Å². The highest BCUT2D eigenvalue weighted by Gasteiger charge is 2.23. The van der Waals surface area contributed by atoms with E-state index in [1.165, 1.54) is 12.0 Å². The molecule has 7 nitrogen and oxygen atoms in total. The highest BCUT2D eigenvalue weighted by atomic mass is 16.5. The maximum atomic E-state index is 11.7. The number of terminal acetylenes is 1. The van der Waals surface area contributed by atoms with Gasteiger partial charge in [0.05, 0.1) is 13.7 Å². The number of esters is 1. The standard InChI is InChI=1S/C12H18N2O5/c1-4-8-14(5-2)12(18)13-9(11(16)17)6-7-10(15)19-3/h1,9H,5-8H2,2-3H3,(H,13,18)(H,16,17)/t9-/m0/s1. The molecule has 2 N–H and O–H groups in total. The molecule has 0 aromatic heterocycles. The molecule has 0 heterocycles. The van der Waals surface area contributed by atoms with Gasteiger partial charge in [0.25, 0.3) is 0 Å². The van der Waals surface area contributed by atoms with Crippen molar-refractivity contribution in [3.05, 3.63) is 0 Å². The molecule has 106 valence electrons. The number of ether oxygens (including phenoxy) is 1. The number of amides is 2. The molecule has 0 aliphatic heterocycles. The van der Waals surface area contributed by atoms with Crippen molar-refractivity contribution in [3.8, 4) is 12.3 Å². The molecule has 19 heavy (non-hydrogen) atoms. The van der Waals surface area contributed by atoms with Crippen molar-refractivity contribution in [1.82, 2.24) is 10.2 Å². The summed E-state index contributed by atoms with van der Waals surface area (Å²) >= 11 is 0. The summed E-state index contributed by atoms with van der Waals surface area (Å²) in [5.74, 6) is 0.560. The summed E-state index contributed by atoms with van der Waals surface area (Å²) in [5.41, 5.74) is 0. The molecule has 0 aromatic carbocycles. The Labute approximate surface area is 111 Å². The Morgan fingerprint density at radius 1 is 1.47 bits per heavy atom. The van der Waals surface area contributed by atoms with Crippen LogP contribution in [0.5, 0.6) is 0 Å². The lowest BCUT2D eigenvalue weighted by molar-refractivity contribution is -0.142. The van der Waals surface area contributed by atoms with Gasteiger partial charge in [0.2, 0.25) is 0 Å². The van der Waals surface area contributed by atoms with Crippen LogP contribution < -0.4 is 5.32 Å². The molecular formula is C12H18N2O5. The van der Waals surface area contributed by atoms with E-state index in [0.29, 0.717) is 6.54 Å². The van der Waals surface area contributed by atoms with Crippen LogP contribution in [0.25, 0.3) is 0 Å². The first-order valence-corrected chi connectivity index (χ1v) is 5.74. The van der Waals surface area contributed by atoms with Crippen molar-refractivity contribution >= 4 is 18.0 Å². The van der Waals surface area contributed by atoms with E-state index in [2.05, 4.69) is 16.0 Å². The first-order valence-electron chi connectivity index (χ1n) is 5.74. The fourth-order valence-electron chi connectivity index (χ4n) is 1.30. The molecule has 0 aliphatic rings. The molecule has 0 saturated carbocycles. The number of carbonyl (C=O) groups excluding carboxylic acids is 2. The predicted octanol–water partition coefficient (Wildman–Crippen LogP) is 0.0575. The van der Waals surface area contributed by atoms with Gasteiger partial charge >= 0.3 is 18.0 Å². The molecular weight excluding hydrogens is 252 g/mol. The number of carboxylic acids is 1. The maximum absolute atomic E-state index is 11.7. The smallest absolute Gasteiger partial charge is 0.326 e. The Kier molecular flexibility index (Phi) is 7.77. The lowest BCUT2D eigenvalue weighted by Crippen LogP contribution is -2.48. The normalized spacial score (nSPS) is 11.0. The van der Waals surface area contributed by atoms with Crippen LogP contribution in [0.3, 0.4) is 0 Å². The van der Waals surface area contributed by atoms with E-state index in [9.17, 15) is 14.4 Å². The number of nitrogens with one attached hydrogen (secondary N) is 1. The van der Waals surface area contributed by atoms with E-state index < -0.39 is 24.0 Å². The van der Waals surface area contributed by atoms with Crippen molar-refractivity contribution in [1.29, 1.82) is 0 Å². The van der Waals surface area contributed by atoms with Gasteiger partial charge in [-0.3, -0.25) is 4.79 Å². The molecule has 0 saturated heterocycles. The molecule has 0 fully saturated rings. The van der Waals surface area contributed by atoms with Crippen LogP contribution in [-0.4, -0.2) is 54.2 Å². The zero-order valence-corrected chi connectivity index (χ0v) is 11.0. The molecule has 0 radical (unpaired) electrons. The van der Waals surface area contributed by atoms with E-state index in [1.807, 2.05) is 0 Å². The van der Waals surface area contributed by atoms with Crippen LogP contribution in [-0.2, 0) is 14.3 Å². The van der Waals surface area contributed by atoms with Crippen molar-refractivity contribution in [2.24, 2.45) is 0 Å². The summed E-state index contributed by atoms with van der Waals surface area (Å²) < 4.78 is 4.41. The number of methoxy groups -OCH3 is 1. The first kappa shape index (κ1) is 16.8. The summed E-state index contributed by atoms with van der Waals surface area (Å²) in [6.45, 7) is 2.17. The van der Waals surface area contributed by atoms with E-state index in [-0.39, 0.29) is 19.4 Å². The number of hydrogen-bond acceptors (Lipinski definition) is 4. The van der Waals surface area contributed by atoms with Gasteiger partial charge in [0.1, 0.15) is 6.04 Å². The molecule has 0 aromatic rings. The Morgan fingerprint density at radius 2 is 2.11 bits per heavy atom. The second-order valence-corrected chi connectivity index (χ2v) is 3.67. The van der Waals surface area contributed by atoms with E-state index >= 15 is 0 Å². The fraction of sp³-hybridized carbons (Fsp3) is 0.583. The van der Waals surface area contributed by atoms with Gasteiger partial charge < -0.3 is 20.1 Å². The van der Waals surface area contributed by atoms with Gasteiger partial charge in [-0.05, 0) is 13.3 Å². The Bertz CT molecular complexity index is 375. The van der Waals surface area contributed by atoms with Crippen molar-refractivity contribution < 1.29 is 24.2 Å². The maximum Gasteiger partial charge on any atom is 0.326 e. The van der Waals surface area contributed by atoms with Crippen LogP contribution in [0.15, 0.2) is 0 Å². The van der Waals surface area contributed by atoms with Crippen LogP contribution in [0.1, 0.15) is 19.8 Å². The Morgan fingerprint density at radius 3 is 2.53 bits per heavy atom. The number of carboxylic acid groups (broad SMARTS) is 1.